The lowest BCUT2D eigenvalue weighted by Crippen LogP contribution is -2.16. The molecule has 0 fully saturated rings. The molecule has 0 spiro atoms. The maximum absolute atomic E-state index is 10.6. The second-order valence-corrected chi connectivity index (χ2v) is 5.69. The highest BCUT2D eigenvalue weighted by molar-refractivity contribution is 9.11. The average Bonchev–Trinajstić information content (AvgIpc) is 2.41. The molecule has 1 aromatic heterocycles. The normalized spacial score (nSPS) is 12.8. The summed E-state index contributed by atoms with van der Waals surface area (Å²) in [7, 11) is 0. The lowest BCUT2D eigenvalue weighted by atomic mass is 9.98. The second kappa shape index (κ2) is 4.91. The summed E-state index contributed by atoms with van der Waals surface area (Å²) in [6.45, 7) is 2.36. The van der Waals surface area contributed by atoms with E-state index in [1.807, 2.05) is 13.0 Å². The van der Waals surface area contributed by atoms with Crippen LogP contribution in [0.25, 0.3) is 0 Å². The zero-order chi connectivity index (χ0) is 10.7. The fourth-order valence-electron chi connectivity index (χ4n) is 1.31. The molecule has 3 N–H and O–H groups in total. The Bertz CT molecular complexity index is 338. The third kappa shape index (κ3) is 2.80. The minimum absolute atomic E-state index is 0.0886. The van der Waals surface area contributed by atoms with Gasteiger partial charge in [-0.3, -0.25) is 4.79 Å². The molecule has 0 saturated heterocycles. The van der Waals surface area contributed by atoms with Crippen LogP contribution in [0.3, 0.4) is 0 Å². The van der Waals surface area contributed by atoms with Crippen molar-refractivity contribution in [3.63, 3.8) is 0 Å². The summed E-state index contributed by atoms with van der Waals surface area (Å²) < 4.78 is 0.992. The number of aryl methyl sites for hydroxylation is 1. The van der Waals surface area contributed by atoms with Gasteiger partial charge < -0.3 is 10.8 Å². The summed E-state index contributed by atoms with van der Waals surface area (Å²) in [5.41, 5.74) is 6.56. The number of nitrogens with two attached hydrogens (primary N) is 1. The molecule has 0 aliphatic rings. The van der Waals surface area contributed by atoms with Crippen molar-refractivity contribution in [2.24, 2.45) is 5.73 Å². The molecule has 0 amide bonds. The Morgan fingerprint density at radius 3 is 2.79 bits per heavy atom. The van der Waals surface area contributed by atoms with E-state index in [4.69, 9.17) is 10.8 Å². The van der Waals surface area contributed by atoms with Crippen molar-refractivity contribution >= 4 is 33.2 Å². The van der Waals surface area contributed by atoms with Gasteiger partial charge in [-0.1, -0.05) is 0 Å². The highest BCUT2D eigenvalue weighted by atomic mass is 79.9. The Morgan fingerprint density at radius 2 is 2.43 bits per heavy atom. The van der Waals surface area contributed by atoms with Crippen LogP contribution in [0.2, 0.25) is 0 Å². The molecule has 1 atom stereocenters. The van der Waals surface area contributed by atoms with Crippen LogP contribution in [0.4, 0.5) is 0 Å². The number of rotatable bonds is 4. The molecule has 0 aliphatic carbocycles. The van der Waals surface area contributed by atoms with Crippen LogP contribution >= 0.6 is 27.3 Å². The van der Waals surface area contributed by atoms with Crippen molar-refractivity contribution in [3.8, 4) is 0 Å². The number of carboxylic acid groups (broad SMARTS) is 1. The average molecular weight is 278 g/mol. The van der Waals surface area contributed by atoms with E-state index in [2.05, 4.69) is 15.9 Å². The maximum atomic E-state index is 10.6. The Labute approximate surface area is 95.1 Å². The smallest absolute Gasteiger partial charge is 0.304 e. The Morgan fingerprint density at radius 1 is 1.79 bits per heavy atom. The summed E-state index contributed by atoms with van der Waals surface area (Å²) in [6, 6.07) is 2.00. The lowest BCUT2D eigenvalue weighted by molar-refractivity contribution is -0.137. The van der Waals surface area contributed by atoms with E-state index in [-0.39, 0.29) is 12.3 Å². The van der Waals surface area contributed by atoms with E-state index in [0.717, 1.165) is 14.2 Å². The molecule has 1 rings (SSSR count). The van der Waals surface area contributed by atoms with Crippen molar-refractivity contribution in [1.82, 2.24) is 0 Å². The number of hydrogen-bond acceptors (Lipinski definition) is 3. The largest absolute Gasteiger partial charge is 0.481 e. The molecule has 0 radical (unpaired) electrons. The minimum atomic E-state index is -0.809. The molecule has 1 unspecified atom stereocenters. The third-order valence-electron chi connectivity index (χ3n) is 1.98. The summed E-state index contributed by atoms with van der Waals surface area (Å²) in [4.78, 5) is 11.8. The van der Waals surface area contributed by atoms with Crippen LogP contribution in [0.5, 0.6) is 0 Å². The standard InChI is InChI=1S/C9H12BrNO2S/c1-5-2-7(9(10)14-5)6(4-11)3-8(12)13/h2,6H,3-4,11H2,1H3,(H,12,13). The van der Waals surface area contributed by atoms with Gasteiger partial charge in [-0.15, -0.1) is 11.3 Å². The first-order chi connectivity index (χ1) is 6.54. The molecule has 0 bridgehead atoms. The van der Waals surface area contributed by atoms with Crippen LogP contribution in [0.1, 0.15) is 22.8 Å². The van der Waals surface area contributed by atoms with Crippen molar-refractivity contribution < 1.29 is 9.90 Å². The first-order valence-corrected chi connectivity index (χ1v) is 5.83. The van der Waals surface area contributed by atoms with Gasteiger partial charge in [0.05, 0.1) is 10.2 Å². The highest BCUT2D eigenvalue weighted by Gasteiger charge is 2.18. The van der Waals surface area contributed by atoms with Crippen LogP contribution in [0.15, 0.2) is 9.85 Å². The SMILES string of the molecule is Cc1cc(C(CN)CC(=O)O)c(Br)s1. The second-order valence-electron chi connectivity index (χ2n) is 3.12. The van der Waals surface area contributed by atoms with Crippen LogP contribution in [-0.4, -0.2) is 17.6 Å². The first kappa shape index (κ1) is 11.7. The number of aliphatic carboxylic acids is 1. The van der Waals surface area contributed by atoms with Gasteiger partial charge in [0, 0.05) is 10.8 Å². The predicted molar refractivity (Wildman–Crippen MR) is 60.8 cm³/mol. The molecule has 3 nitrogen and oxygen atoms in total. The molecule has 0 saturated carbocycles. The number of hydrogen-bond donors (Lipinski definition) is 2. The Hall–Kier alpha value is -0.390. The van der Waals surface area contributed by atoms with E-state index in [0.29, 0.717) is 6.54 Å². The molecular formula is C9H12BrNO2S. The van der Waals surface area contributed by atoms with E-state index >= 15 is 0 Å². The maximum Gasteiger partial charge on any atom is 0.304 e. The van der Waals surface area contributed by atoms with E-state index in [1.165, 1.54) is 0 Å². The third-order valence-corrected chi connectivity index (χ3v) is 3.78. The Kier molecular flexibility index (Phi) is 4.10. The highest BCUT2D eigenvalue weighted by Crippen LogP contribution is 2.34. The van der Waals surface area contributed by atoms with Crippen molar-refractivity contribution in [3.05, 3.63) is 20.3 Å². The predicted octanol–water partition coefficient (Wildman–Crippen LogP) is 2.34. The van der Waals surface area contributed by atoms with Crippen molar-refractivity contribution in [2.75, 3.05) is 6.54 Å². The number of carbonyl (C=O) groups is 1. The van der Waals surface area contributed by atoms with Gasteiger partial charge >= 0.3 is 5.97 Å². The minimum Gasteiger partial charge on any atom is -0.481 e. The van der Waals surface area contributed by atoms with Gasteiger partial charge in [0.2, 0.25) is 0 Å². The first-order valence-electron chi connectivity index (χ1n) is 4.22. The van der Waals surface area contributed by atoms with Crippen LogP contribution in [-0.2, 0) is 4.79 Å². The van der Waals surface area contributed by atoms with Crippen LogP contribution < -0.4 is 5.73 Å². The molecule has 1 aromatic rings. The number of halogens is 1. The summed E-state index contributed by atoms with van der Waals surface area (Å²) in [6.07, 6.45) is 0.0886. The lowest BCUT2D eigenvalue weighted by Gasteiger charge is -2.10. The van der Waals surface area contributed by atoms with Crippen LogP contribution in [0, 0.1) is 6.92 Å². The quantitative estimate of drug-likeness (QED) is 0.888. The molecule has 14 heavy (non-hydrogen) atoms. The number of carboxylic acids is 1. The molecule has 0 aromatic carbocycles. The fraction of sp³-hybridized carbons (Fsp3) is 0.444. The summed E-state index contributed by atoms with van der Waals surface area (Å²) in [5, 5.41) is 8.71. The van der Waals surface area contributed by atoms with Gasteiger partial charge in [0.25, 0.3) is 0 Å². The van der Waals surface area contributed by atoms with Gasteiger partial charge in [-0.2, -0.15) is 0 Å². The van der Waals surface area contributed by atoms with E-state index in [9.17, 15) is 4.79 Å². The molecule has 1 heterocycles. The zero-order valence-electron chi connectivity index (χ0n) is 7.79. The Balaban J connectivity index is 2.88. The number of thiophene rings is 1. The van der Waals surface area contributed by atoms with Gasteiger partial charge in [0.1, 0.15) is 0 Å². The van der Waals surface area contributed by atoms with Gasteiger partial charge in [-0.25, -0.2) is 0 Å². The summed E-state index contributed by atoms with van der Waals surface area (Å²) >= 11 is 5.03. The topological polar surface area (TPSA) is 63.3 Å². The van der Waals surface area contributed by atoms with Crippen molar-refractivity contribution in [1.29, 1.82) is 0 Å². The zero-order valence-corrected chi connectivity index (χ0v) is 10.2. The molecule has 5 heteroatoms. The van der Waals surface area contributed by atoms with Crippen molar-refractivity contribution in [2.45, 2.75) is 19.3 Å². The molecule has 0 aliphatic heterocycles. The van der Waals surface area contributed by atoms with E-state index in [1.54, 1.807) is 11.3 Å². The monoisotopic (exact) mass is 277 g/mol. The van der Waals surface area contributed by atoms with E-state index < -0.39 is 5.97 Å². The van der Waals surface area contributed by atoms with Gasteiger partial charge in [-0.05, 0) is 41.0 Å². The molecule has 78 valence electrons. The summed E-state index contributed by atoms with van der Waals surface area (Å²) in [5.74, 6) is -0.900. The fourth-order valence-corrected chi connectivity index (χ4v) is 3.33. The van der Waals surface area contributed by atoms with Gasteiger partial charge in [0.15, 0.2) is 0 Å². The molecular weight excluding hydrogens is 266 g/mol.